The molecular weight excluding hydrogens is 226 g/mol. The van der Waals surface area contributed by atoms with E-state index in [1.165, 1.54) is 6.26 Å². The number of rotatable bonds is 3. The van der Waals surface area contributed by atoms with Gasteiger partial charge in [-0.25, -0.2) is 0 Å². The zero-order chi connectivity index (χ0) is 12.6. The molecule has 0 N–H and O–H groups in total. The van der Waals surface area contributed by atoms with E-state index < -0.39 is 5.41 Å². The van der Waals surface area contributed by atoms with Crippen molar-refractivity contribution in [2.75, 3.05) is 0 Å². The van der Waals surface area contributed by atoms with Gasteiger partial charge >= 0.3 is 0 Å². The lowest BCUT2D eigenvalue weighted by Crippen LogP contribution is -2.13. The molecule has 0 aliphatic heterocycles. The van der Waals surface area contributed by atoms with Crippen LogP contribution >= 0.6 is 0 Å². The number of carbonyl (C=O) groups is 1. The Morgan fingerprint density at radius 1 is 1.28 bits per heavy atom. The molecule has 1 heterocycles. The number of furan rings is 1. The third-order valence-corrected chi connectivity index (χ3v) is 3.50. The molecule has 0 radical (unpaired) electrons. The van der Waals surface area contributed by atoms with Gasteiger partial charge < -0.3 is 4.42 Å². The van der Waals surface area contributed by atoms with Gasteiger partial charge in [0.25, 0.3) is 0 Å². The number of ketones is 1. The summed E-state index contributed by atoms with van der Waals surface area (Å²) in [5.41, 5.74) is -0.0950. The van der Waals surface area contributed by atoms with Gasteiger partial charge in [-0.15, -0.1) is 0 Å². The fourth-order valence-electron chi connectivity index (χ4n) is 2.37. The predicted molar refractivity (Wildman–Crippen MR) is 64.9 cm³/mol. The molecule has 1 aromatic carbocycles. The molecule has 2 aromatic rings. The van der Waals surface area contributed by atoms with E-state index in [-0.39, 0.29) is 11.7 Å². The molecule has 1 saturated carbocycles. The lowest BCUT2D eigenvalue weighted by atomic mass is 9.97. The Bertz CT molecular complexity index is 610. The summed E-state index contributed by atoms with van der Waals surface area (Å²) in [6.45, 7) is 0. The van der Waals surface area contributed by atoms with E-state index in [0.717, 1.165) is 0 Å². The maximum atomic E-state index is 12.3. The summed E-state index contributed by atoms with van der Waals surface area (Å²) in [6, 6.07) is 14.8. The first-order valence-corrected chi connectivity index (χ1v) is 5.82. The molecule has 1 aromatic heterocycles. The quantitative estimate of drug-likeness (QED) is 0.771. The van der Waals surface area contributed by atoms with E-state index in [1.807, 2.05) is 18.2 Å². The van der Waals surface area contributed by atoms with Gasteiger partial charge in [-0.3, -0.25) is 4.79 Å². The molecule has 0 amide bonds. The first-order chi connectivity index (χ1) is 8.78. The minimum absolute atomic E-state index is 0.0218. The number of nitrogens with zero attached hydrogens (tertiary/aromatic N) is 1. The highest BCUT2D eigenvalue weighted by Gasteiger charge is 2.62. The van der Waals surface area contributed by atoms with Crippen LogP contribution in [0.1, 0.15) is 22.5 Å². The third-order valence-electron chi connectivity index (χ3n) is 3.50. The highest BCUT2D eigenvalue weighted by Crippen LogP contribution is 2.55. The lowest BCUT2D eigenvalue weighted by Gasteiger charge is -2.04. The van der Waals surface area contributed by atoms with Crippen LogP contribution in [0.3, 0.4) is 0 Å². The zero-order valence-electron chi connectivity index (χ0n) is 9.67. The van der Waals surface area contributed by atoms with Crippen LogP contribution in [0.25, 0.3) is 0 Å². The molecule has 3 nitrogen and oxygen atoms in total. The first-order valence-electron chi connectivity index (χ1n) is 5.82. The van der Waals surface area contributed by atoms with E-state index >= 15 is 0 Å². The van der Waals surface area contributed by atoms with Crippen LogP contribution in [-0.2, 0) is 5.41 Å². The second-order valence-electron chi connectivity index (χ2n) is 4.55. The summed E-state index contributed by atoms with van der Waals surface area (Å²) < 4.78 is 5.29. The molecular formula is C15H11NO2. The minimum atomic E-state index is -0.754. The maximum absolute atomic E-state index is 12.3. The van der Waals surface area contributed by atoms with Gasteiger partial charge in [0, 0.05) is 5.56 Å². The molecule has 3 heteroatoms. The Morgan fingerprint density at radius 2 is 2.06 bits per heavy atom. The van der Waals surface area contributed by atoms with E-state index in [1.54, 1.807) is 24.3 Å². The van der Waals surface area contributed by atoms with Crippen LogP contribution in [-0.4, -0.2) is 5.78 Å². The highest BCUT2D eigenvalue weighted by molar-refractivity contribution is 6.01. The fraction of sp³-hybridized carbons (Fsp3) is 0.200. The van der Waals surface area contributed by atoms with Crippen molar-refractivity contribution >= 4 is 5.78 Å². The van der Waals surface area contributed by atoms with Crippen LogP contribution in [0.5, 0.6) is 0 Å². The summed E-state index contributed by atoms with van der Waals surface area (Å²) in [6.07, 6.45) is 2.08. The average molecular weight is 237 g/mol. The van der Waals surface area contributed by atoms with Gasteiger partial charge in [0.05, 0.1) is 18.3 Å². The molecule has 2 atom stereocenters. The number of nitriles is 1. The van der Waals surface area contributed by atoms with Crippen LogP contribution in [0.4, 0.5) is 0 Å². The van der Waals surface area contributed by atoms with Crippen molar-refractivity contribution in [1.29, 1.82) is 5.26 Å². The van der Waals surface area contributed by atoms with Crippen molar-refractivity contribution in [2.24, 2.45) is 5.92 Å². The maximum Gasteiger partial charge on any atom is 0.168 e. The van der Waals surface area contributed by atoms with Crippen molar-refractivity contribution in [3.05, 3.63) is 60.1 Å². The van der Waals surface area contributed by atoms with Gasteiger partial charge in [-0.1, -0.05) is 30.3 Å². The van der Waals surface area contributed by atoms with Crippen LogP contribution < -0.4 is 0 Å². The zero-order valence-corrected chi connectivity index (χ0v) is 9.67. The molecule has 88 valence electrons. The largest absolute Gasteiger partial charge is 0.468 e. The summed E-state index contributed by atoms with van der Waals surface area (Å²) in [4.78, 5) is 12.3. The molecule has 3 rings (SSSR count). The predicted octanol–water partition coefficient (Wildman–Crippen LogP) is 2.94. The molecule has 0 spiro atoms. The van der Waals surface area contributed by atoms with Crippen molar-refractivity contribution in [3.63, 3.8) is 0 Å². The van der Waals surface area contributed by atoms with E-state index in [4.69, 9.17) is 4.42 Å². The summed E-state index contributed by atoms with van der Waals surface area (Å²) in [5, 5.41) is 9.33. The second kappa shape index (κ2) is 3.85. The van der Waals surface area contributed by atoms with Crippen LogP contribution in [0, 0.1) is 17.2 Å². The van der Waals surface area contributed by atoms with E-state index in [0.29, 0.717) is 17.7 Å². The average Bonchev–Trinajstić information content (AvgIpc) is 2.92. The standard InChI is InChI=1S/C15H11NO2/c16-10-15(13-7-4-8-18-13)9-12(15)14(17)11-5-2-1-3-6-11/h1-8,12H,9H2/t12-,15-/m0/s1. The molecule has 0 bridgehead atoms. The molecule has 1 aliphatic rings. The monoisotopic (exact) mass is 237 g/mol. The van der Waals surface area contributed by atoms with Crippen molar-refractivity contribution in [3.8, 4) is 6.07 Å². The minimum Gasteiger partial charge on any atom is -0.468 e. The van der Waals surface area contributed by atoms with Gasteiger partial charge in [-0.05, 0) is 18.6 Å². The first kappa shape index (κ1) is 10.8. The molecule has 18 heavy (non-hydrogen) atoms. The number of carbonyl (C=O) groups excluding carboxylic acids is 1. The topological polar surface area (TPSA) is 54.0 Å². The number of hydrogen-bond donors (Lipinski definition) is 0. The molecule has 0 saturated heterocycles. The van der Waals surface area contributed by atoms with E-state index in [9.17, 15) is 10.1 Å². The summed E-state index contributed by atoms with van der Waals surface area (Å²) in [5.74, 6) is 0.337. The van der Waals surface area contributed by atoms with Crippen molar-refractivity contribution < 1.29 is 9.21 Å². The lowest BCUT2D eigenvalue weighted by molar-refractivity contribution is 0.0959. The van der Waals surface area contributed by atoms with E-state index in [2.05, 4.69) is 6.07 Å². The Morgan fingerprint density at radius 3 is 2.67 bits per heavy atom. The highest BCUT2D eigenvalue weighted by atomic mass is 16.3. The van der Waals surface area contributed by atoms with Gasteiger partial charge in [0.15, 0.2) is 5.78 Å². The van der Waals surface area contributed by atoms with Crippen LogP contribution in [0.2, 0.25) is 0 Å². The third kappa shape index (κ3) is 1.46. The summed E-state index contributed by atoms with van der Waals surface area (Å²) in [7, 11) is 0. The van der Waals surface area contributed by atoms with Gasteiger partial charge in [0.1, 0.15) is 11.2 Å². The number of Topliss-reactive ketones (excluding diaryl/α,β-unsaturated/α-hetero) is 1. The smallest absolute Gasteiger partial charge is 0.168 e. The SMILES string of the molecule is N#C[C@@]1(c2ccco2)C[C@H]1C(=O)c1ccccc1. The Labute approximate surface area is 105 Å². The normalized spacial score (nSPS) is 25.4. The Hall–Kier alpha value is -2.34. The van der Waals surface area contributed by atoms with Gasteiger partial charge in [0.2, 0.25) is 0 Å². The molecule has 1 fully saturated rings. The second-order valence-corrected chi connectivity index (χ2v) is 4.55. The van der Waals surface area contributed by atoms with Gasteiger partial charge in [-0.2, -0.15) is 5.26 Å². The number of hydrogen-bond acceptors (Lipinski definition) is 3. The van der Waals surface area contributed by atoms with Crippen molar-refractivity contribution in [1.82, 2.24) is 0 Å². The Kier molecular flexibility index (Phi) is 2.31. The molecule has 1 aliphatic carbocycles. The van der Waals surface area contributed by atoms with Crippen molar-refractivity contribution in [2.45, 2.75) is 11.8 Å². The Balaban J connectivity index is 1.90. The number of benzene rings is 1. The van der Waals surface area contributed by atoms with Crippen LogP contribution in [0.15, 0.2) is 53.1 Å². The summed E-state index contributed by atoms with van der Waals surface area (Å²) >= 11 is 0. The fourth-order valence-corrected chi connectivity index (χ4v) is 2.37. The molecule has 0 unspecified atom stereocenters.